The van der Waals surface area contributed by atoms with Crippen molar-refractivity contribution in [2.75, 3.05) is 0 Å². The van der Waals surface area contributed by atoms with E-state index in [1.165, 1.54) is 31.2 Å². The molecule has 2 N–H and O–H groups in total. The maximum Gasteiger partial charge on any atom is 0.407 e. The molecule has 27 heavy (non-hydrogen) atoms. The number of amides is 1. The highest BCUT2D eigenvalue weighted by Crippen LogP contribution is 2.35. The lowest BCUT2D eigenvalue weighted by molar-refractivity contribution is -0.160. The first kappa shape index (κ1) is 23.3. The molecule has 0 aliphatic heterocycles. The molecular formula is C17H19BrF5N3O. The van der Waals surface area contributed by atoms with Gasteiger partial charge in [0, 0.05) is 4.47 Å². The van der Waals surface area contributed by atoms with Crippen molar-refractivity contribution in [2.45, 2.75) is 56.9 Å². The molecule has 4 nitrogen and oxygen atoms in total. The number of carbonyl (C=O) groups is 1. The molecule has 0 radical (unpaired) electrons. The van der Waals surface area contributed by atoms with Gasteiger partial charge >= 0.3 is 6.18 Å². The molecule has 1 aromatic carbocycles. The summed E-state index contributed by atoms with van der Waals surface area (Å²) in [5.74, 6) is -0.615. The van der Waals surface area contributed by atoms with E-state index in [1.54, 1.807) is 0 Å². The highest BCUT2D eigenvalue weighted by molar-refractivity contribution is 9.10. The van der Waals surface area contributed by atoms with Crippen molar-refractivity contribution in [2.24, 2.45) is 0 Å². The van der Waals surface area contributed by atoms with Crippen LogP contribution in [0.2, 0.25) is 0 Å². The van der Waals surface area contributed by atoms with Crippen molar-refractivity contribution in [3.8, 4) is 6.07 Å². The maximum atomic E-state index is 13.3. The Bertz CT molecular complexity index is 666. The van der Waals surface area contributed by atoms with Gasteiger partial charge in [0.05, 0.1) is 12.1 Å². The van der Waals surface area contributed by atoms with Crippen LogP contribution in [-0.2, 0) is 4.79 Å². The molecule has 150 valence electrons. The van der Waals surface area contributed by atoms with Crippen molar-refractivity contribution in [1.82, 2.24) is 10.6 Å². The molecule has 10 heteroatoms. The minimum atomic E-state index is -4.55. The predicted molar refractivity (Wildman–Crippen MR) is 92.9 cm³/mol. The summed E-state index contributed by atoms with van der Waals surface area (Å²) < 4.78 is 61.2. The van der Waals surface area contributed by atoms with Crippen molar-refractivity contribution in [3.63, 3.8) is 0 Å². The lowest BCUT2D eigenvalue weighted by Crippen LogP contribution is -2.50. The van der Waals surface area contributed by atoms with Gasteiger partial charge in [0.15, 0.2) is 0 Å². The fourth-order valence-electron chi connectivity index (χ4n) is 2.09. The number of rotatable bonds is 5. The third-order valence-electron chi connectivity index (χ3n) is 3.67. The van der Waals surface area contributed by atoms with Crippen LogP contribution in [0.1, 0.15) is 38.3 Å². The van der Waals surface area contributed by atoms with Gasteiger partial charge in [-0.2, -0.15) is 18.4 Å². The van der Waals surface area contributed by atoms with E-state index >= 15 is 0 Å². The average molecular weight is 456 g/mol. The summed E-state index contributed by atoms with van der Waals surface area (Å²) in [6.07, 6.45) is -5.66. The third-order valence-corrected chi connectivity index (χ3v) is 4.20. The van der Waals surface area contributed by atoms with Crippen molar-refractivity contribution < 1.29 is 26.7 Å². The Kier molecular flexibility index (Phi) is 8.17. The second-order valence-electron chi connectivity index (χ2n) is 6.12. The Hall–Kier alpha value is -1.73. The number of carbonyl (C=O) groups excluding carboxylic acids is 1. The van der Waals surface area contributed by atoms with Crippen LogP contribution < -0.4 is 10.6 Å². The lowest BCUT2D eigenvalue weighted by atomic mass is 10.1. The quantitative estimate of drug-likeness (QED) is 0.643. The molecule has 0 aromatic heterocycles. The van der Waals surface area contributed by atoms with E-state index in [0.29, 0.717) is 17.3 Å². The smallest absolute Gasteiger partial charge is 0.336 e. The van der Waals surface area contributed by atoms with Gasteiger partial charge in [0.1, 0.15) is 11.6 Å². The van der Waals surface area contributed by atoms with Gasteiger partial charge in [-0.05, 0) is 44.4 Å². The Morgan fingerprint density at radius 3 is 2.07 bits per heavy atom. The van der Waals surface area contributed by atoms with E-state index in [9.17, 15) is 26.7 Å². The second kappa shape index (κ2) is 9.46. The monoisotopic (exact) mass is 455 g/mol. The average Bonchev–Trinajstić information content (AvgIpc) is 3.32. The van der Waals surface area contributed by atoms with Gasteiger partial charge in [0.25, 0.3) is 0 Å². The zero-order valence-corrected chi connectivity index (χ0v) is 16.2. The number of nitrogens with zero attached hydrogens (tertiary/aromatic N) is 1. The molecule has 1 aliphatic rings. The molecule has 0 heterocycles. The second-order valence-corrected chi connectivity index (χ2v) is 7.03. The van der Waals surface area contributed by atoms with E-state index < -0.39 is 36.1 Å². The highest BCUT2D eigenvalue weighted by Gasteiger charge is 2.46. The number of hydrogen-bond acceptors (Lipinski definition) is 3. The summed E-state index contributed by atoms with van der Waals surface area (Å²) in [5.41, 5.74) is -0.889. The summed E-state index contributed by atoms with van der Waals surface area (Å²) in [6.45, 7) is 2.18. The van der Waals surface area contributed by atoms with Crippen molar-refractivity contribution in [1.29, 1.82) is 5.26 Å². The molecule has 2 rings (SSSR count). The number of halogens is 6. The fourth-order valence-corrected chi connectivity index (χ4v) is 2.36. The molecule has 0 bridgehead atoms. The minimum absolute atomic E-state index is 0.0155. The van der Waals surface area contributed by atoms with Crippen LogP contribution in [0.25, 0.3) is 0 Å². The zero-order valence-electron chi connectivity index (χ0n) is 14.6. The number of benzene rings is 1. The fraction of sp³-hybridized carbons (Fsp3) is 0.529. The predicted octanol–water partition coefficient (Wildman–Crippen LogP) is 4.47. The molecule has 1 amide bonds. The van der Waals surface area contributed by atoms with Crippen LogP contribution in [-0.4, -0.2) is 30.1 Å². The SMILES string of the molecule is CC(F)F.C[C@H](NC(c1ccc(Br)cc1)C(F)(F)F)C(=O)NC1(C#N)CC1. The molecule has 1 aliphatic carbocycles. The zero-order chi connectivity index (χ0) is 20.8. The summed E-state index contributed by atoms with van der Waals surface area (Å²) in [7, 11) is 0. The summed E-state index contributed by atoms with van der Waals surface area (Å²) in [6, 6.07) is 4.63. The van der Waals surface area contributed by atoms with Crippen LogP contribution in [0.4, 0.5) is 22.0 Å². The van der Waals surface area contributed by atoms with Gasteiger partial charge in [0.2, 0.25) is 12.3 Å². The van der Waals surface area contributed by atoms with Gasteiger partial charge in [-0.3, -0.25) is 10.1 Å². The molecule has 0 saturated heterocycles. The molecular weight excluding hydrogens is 437 g/mol. The van der Waals surface area contributed by atoms with Gasteiger partial charge in [-0.1, -0.05) is 28.1 Å². The Labute approximate surface area is 162 Å². The van der Waals surface area contributed by atoms with E-state index in [4.69, 9.17) is 5.26 Å². The topological polar surface area (TPSA) is 64.9 Å². The standard InChI is InChI=1S/C15H15BrF3N3O.C2H4F2/c1-9(13(23)22-14(8-20)6-7-14)21-12(15(17,18)19)10-2-4-11(16)5-3-10;1-2(3)4/h2-5,9,12,21H,6-7H2,1H3,(H,22,23);2H,1H3/t9-,12?;/m0./s1. The van der Waals surface area contributed by atoms with Gasteiger partial charge in [-0.15, -0.1) is 0 Å². The first-order valence-corrected chi connectivity index (χ1v) is 8.79. The molecule has 1 saturated carbocycles. The van der Waals surface area contributed by atoms with Crippen LogP contribution in [0.5, 0.6) is 0 Å². The van der Waals surface area contributed by atoms with E-state index in [1.807, 2.05) is 6.07 Å². The number of hydrogen-bond donors (Lipinski definition) is 2. The first-order valence-electron chi connectivity index (χ1n) is 8.00. The maximum absolute atomic E-state index is 13.3. The molecule has 2 atom stereocenters. The van der Waals surface area contributed by atoms with E-state index in [-0.39, 0.29) is 5.56 Å². The van der Waals surface area contributed by atoms with Gasteiger partial charge in [-0.25, -0.2) is 8.78 Å². The van der Waals surface area contributed by atoms with Crippen molar-refractivity contribution in [3.05, 3.63) is 34.3 Å². The van der Waals surface area contributed by atoms with Crippen LogP contribution >= 0.6 is 15.9 Å². The summed E-state index contributed by atoms with van der Waals surface area (Å²) in [4.78, 5) is 12.0. The Morgan fingerprint density at radius 1 is 1.22 bits per heavy atom. The third kappa shape index (κ3) is 7.81. The number of alkyl halides is 5. The molecule has 1 unspecified atom stereocenters. The summed E-state index contributed by atoms with van der Waals surface area (Å²) >= 11 is 3.17. The molecule has 0 spiro atoms. The number of nitrogens with one attached hydrogen (secondary N) is 2. The largest absolute Gasteiger partial charge is 0.407 e. The van der Waals surface area contributed by atoms with Gasteiger partial charge < -0.3 is 5.32 Å². The van der Waals surface area contributed by atoms with Crippen LogP contribution in [0.15, 0.2) is 28.7 Å². The van der Waals surface area contributed by atoms with E-state index in [2.05, 4.69) is 26.6 Å². The minimum Gasteiger partial charge on any atom is -0.336 e. The van der Waals surface area contributed by atoms with Crippen LogP contribution in [0, 0.1) is 11.3 Å². The lowest BCUT2D eigenvalue weighted by Gasteiger charge is -2.26. The first-order chi connectivity index (χ1) is 12.4. The summed E-state index contributed by atoms with van der Waals surface area (Å²) in [5, 5.41) is 13.7. The Morgan fingerprint density at radius 2 is 1.70 bits per heavy atom. The normalized spacial score (nSPS) is 17.2. The molecule has 1 aromatic rings. The van der Waals surface area contributed by atoms with Crippen molar-refractivity contribution >= 4 is 21.8 Å². The van der Waals surface area contributed by atoms with Crippen LogP contribution in [0.3, 0.4) is 0 Å². The van der Waals surface area contributed by atoms with E-state index in [0.717, 1.165) is 6.92 Å². The number of nitriles is 1. The Balaban J connectivity index is 0.000000828. The molecule has 1 fully saturated rings. The highest BCUT2D eigenvalue weighted by atomic mass is 79.9.